The van der Waals surface area contributed by atoms with E-state index in [9.17, 15) is 9.59 Å². The predicted octanol–water partition coefficient (Wildman–Crippen LogP) is 3.55. The number of carbonyl (C=O) groups excluding carboxylic acids is 2. The largest absolute Gasteiger partial charge is 0.291 e. The van der Waals surface area contributed by atoms with Crippen LogP contribution in [0.2, 0.25) is 0 Å². The normalized spacial score (nSPS) is 19.5. The second-order valence-electron chi connectivity index (χ2n) is 4.83. The first-order valence-corrected chi connectivity index (χ1v) is 7.78. The van der Waals surface area contributed by atoms with Gasteiger partial charge >= 0.3 is 0 Å². The van der Waals surface area contributed by atoms with Crippen LogP contribution in [0.4, 0.5) is 0 Å². The van der Waals surface area contributed by atoms with Crippen LogP contribution in [-0.2, 0) is 5.54 Å². The molecule has 1 aliphatic heterocycles. The van der Waals surface area contributed by atoms with Gasteiger partial charge in [-0.05, 0) is 54.3 Å². The zero-order valence-corrected chi connectivity index (χ0v) is 13.2. The molecule has 0 aliphatic carbocycles. The topological polar surface area (TPSA) is 59.4 Å². The minimum Gasteiger partial charge on any atom is -0.291 e. The summed E-state index contributed by atoms with van der Waals surface area (Å²) < 4.78 is 0. The summed E-state index contributed by atoms with van der Waals surface area (Å²) >= 11 is 6.94. The summed E-state index contributed by atoms with van der Waals surface area (Å²) in [6.45, 7) is 1.90. The predicted molar refractivity (Wildman–Crippen MR) is 87.1 cm³/mol. The third-order valence-electron chi connectivity index (χ3n) is 3.53. The number of hydrogen-bond donors (Lipinski definition) is 0. The number of halogens is 1. The Labute approximate surface area is 136 Å². The fraction of sp³-hybridized carbons (Fsp3) is 0.125. The molecule has 4 nitrogen and oxygen atoms in total. The van der Waals surface area contributed by atoms with E-state index in [2.05, 4.69) is 9.98 Å². The van der Waals surface area contributed by atoms with E-state index in [-0.39, 0.29) is 11.3 Å². The third-order valence-corrected chi connectivity index (χ3v) is 4.60. The Hall–Kier alpha value is -2.11. The third kappa shape index (κ3) is 2.32. The van der Waals surface area contributed by atoms with Crippen LogP contribution in [0, 0.1) is 6.92 Å². The van der Waals surface area contributed by atoms with E-state index in [1.807, 2.05) is 12.3 Å². The van der Waals surface area contributed by atoms with Crippen molar-refractivity contribution in [1.82, 2.24) is 4.98 Å². The highest BCUT2D eigenvalue weighted by atomic mass is 35.5. The van der Waals surface area contributed by atoms with Crippen molar-refractivity contribution in [3.8, 4) is 0 Å². The molecule has 22 heavy (non-hydrogen) atoms. The molecule has 0 radical (unpaired) electrons. The first kappa shape index (κ1) is 14.8. The second kappa shape index (κ2) is 5.59. The monoisotopic (exact) mass is 330 g/mol. The molecule has 0 N–H and O–H groups in total. The molecule has 6 heteroatoms. The van der Waals surface area contributed by atoms with Gasteiger partial charge in [-0.2, -0.15) is 0 Å². The lowest BCUT2D eigenvalue weighted by molar-refractivity contribution is 0.0920. The fourth-order valence-electron chi connectivity index (χ4n) is 2.35. The van der Waals surface area contributed by atoms with Crippen LogP contribution in [0.25, 0.3) is 0 Å². The van der Waals surface area contributed by atoms with Gasteiger partial charge in [0.25, 0.3) is 5.24 Å². The maximum atomic E-state index is 13.0. The van der Waals surface area contributed by atoms with Crippen molar-refractivity contribution in [1.29, 1.82) is 0 Å². The van der Waals surface area contributed by atoms with Crippen LogP contribution in [0.1, 0.15) is 31.3 Å². The number of hydrogen-bond acceptors (Lipinski definition) is 5. The zero-order valence-electron chi connectivity index (χ0n) is 11.6. The van der Waals surface area contributed by atoms with Crippen LogP contribution < -0.4 is 0 Å². The molecule has 3 heterocycles. The summed E-state index contributed by atoms with van der Waals surface area (Å²) in [5, 5.41) is 1.29. The Kier molecular flexibility index (Phi) is 3.76. The van der Waals surface area contributed by atoms with Gasteiger partial charge in [-0.1, -0.05) is 0 Å². The Bertz CT molecular complexity index is 794. The fourth-order valence-corrected chi connectivity index (χ4v) is 3.16. The molecule has 0 spiro atoms. The number of nitrogens with zero attached hydrogens (tertiary/aromatic N) is 2. The summed E-state index contributed by atoms with van der Waals surface area (Å²) in [5.74, 6) is -0.131. The van der Waals surface area contributed by atoms with E-state index in [4.69, 9.17) is 11.6 Å². The molecule has 0 saturated heterocycles. The molecule has 1 atom stereocenters. The van der Waals surface area contributed by atoms with Gasteiger partial charge < -0.3 is 0 Å². The number of aliphatic imine (C=N–C) groups is 1. The van der Waals surface area contributed by atoms with E-state index in [1.165, 1.54) is 17.5 Å². The molecule has 0 amide bonds. The molecule has 0 saturated carbocycles. The number of ketones is 1. The van der Waals surface area contributed by atoms with Gasteiger partial charge in [0, 0.05) is 22.9 Å². The number of aromatic nitrogens is 1. The molecule has 2 aromatic rings. The lowest BCUT2D eigenvalue weighted by Crippen LogP contribution is -2.32. The van der Waals surface area contributed by atoms with Crippen molar-refractivity contribution in [2.24, 2.45) is 4.99 Å². The number of carbonyl (C=O) groups is 2. The second-order valence-corrected chi connectivity index (χ2v) is 6.29. The lowest BCUT2D eigenvalue weighted by Gasteiger charge is -2.22. The Morgan fingerprint density at radius 1 is 1.27 bits per heavy atom. The quantitative estimate of drug-likeness (QED) is 0.636. The van der Waals surface area contributed by atoms with Gasteiger partial charge in [-0.3, -0.25) is 19.6 Å². The molecule has 0 aromatic carbocycles. The van der Waals surface area contributed by atoms with E-state index in [0.29, 0.717) is 11.3 Å². The van der Waals surface area contributed by atoms with Crippen molar-refractivity contribution in [2.75, 3.05) is 0 Å². The van der Waals surface area contributed by atoms with E-state index >= 15 is 0 Å². The van der Waals surface area contributed by atoms with Gasteiger partial charge in [0.2, 0.25) is 5.78 Å². The smallest absolute Gasteiger partial charge is 0.253 e. The van der Waals surface area contributed by atoms with Gasteiger partial charge in [0.15, 0.2) is 5.54 Å². The number of thiophene rings is 1. The zero-order chi connectivity index (χ0) is 15.7. The number of pyridine rings is 1. The summed E-state index contributed by atoms with van der Waals surface area (Å²) in [6.07, 6.45) is 6.39. The highest BCUT2D eigenvalue weighted by Gasteiger charge is 2.41. The van der Waals surface area contributed by atoms with E-state index in [1.54, 1.807) is 36.6 Å². The molecule has 3 rings (SSSR count). The SMILES string of the molecule is Cc1sccc1C(=O)C1(c2ccc(C(=O)Cl)cn2)C=CC=N1. The van der Waals surface area contributed by atoms with Crippen molar-refractivity contribution < 1.29 is 9.59 Å². The number of allylic oxidation sites excluding steroid dienone is 1. The highest BCUT2D eigenvalue weighted by Crippen LogP contribution is 2.34. The average molecular weight is 331 g/mol. The van der Waals surface area contributed by atoms with Crippen molar-refractivity contribution in [2.45, 2.75) is 12.5 Å². The number of Topliss-reactive ketones (excluding diaryl/α,β-unsaturated/α-hetero) is 1. The maximum absolute atomic E-state index is 13.0. The summed E-state index contributed by atoms with van der Waals surface area (Å²) in [7, 11) is 0. The maximum Gasteiger partial charge on any atom is 0.253 e. The minimum atomic E-state index is -1.17. The molecule has 0 bridgehead atoms. The Balaban J connectivity index is 2.08. The van der Waals surface area contributed by atoms with Gasteiger partial charge in [-0.15, -0.1) is 11.3 Å². The van der Waals surface area contributed by atoms with Crippen LogP contribution in [0.15, 0.2) is 46.9 Å². The van der Waals surface area contributed by atoms with Crippen LogP contribution >= 0.6 is 22.9 Å². The van der Waals surface area contributed by atoms with Crippen molar-refractivity contribution in [3.05, 3.63) is 63.6 Å². The molecule has 2 aromatic heterocycles. The number of aryl methyl sites for hydroxylation is 1. The summed E-state index contributed by atoms with van der Waals surface area (Å²) in [5.41, 5.74) is 0.216. The van der Waals surface area contributed by atoms with E-state index < -0.39 is 10.8 Å². The Morgan fingerprint density at radius 3 is 2.59 bits per heavy atom. The molecule has 110 valence electrons. The van der Waals surface area contributed by atoms with Crippen LogP contribution in [0.5, 0.6) is 0 Å². The van der Waals surface area contributed by atoms with Gasteiger partial charge in [-0.25, -0.2) is 0 Å². The highest BCUT2D eigenvalue weighted by molar-refractivity contribution is 7.10. The summed E-state index contributed by atoms with van der Waals surface area (Å²) in [6, 6.07) is 4.96. The van der Waals surface area contributed by atoms with Crippen molar-refractivity contribution in [3.63, 3.8) is 0 Å². The van der Waals surface area contributed by atoms with E-state index in [0.717, 1.165) is 4.88 Å². The molecule has 0 fully saturated rings. The van der Waals surface area contributed by atoms with Gasteiger partial charge in [0.05, 0.1) is 11.3 Å². The number of rotatable bonds is 4. The molecule has 1 unspecified atom stereocenters. The Morgan fingerprint density at radius 2 is 2.09 bits per heavy atom. The van der Waals surface area contributed by atoms with Crippen LogP contribution in [-0.4, -0.2) is 22.2 Å². The van der Waals surface area contributed by atoms with Crippen LogP contribution in [0.3, 0.4) is 0 Å². The summed E-state index contributed by atoms with van der Waals surface area (Å²) in [4.78, 5) is 33.6. The average Bonchev–Trinajstić information content (AvgIpc) is 3.16. The lowest BCUT2D eigenvalue weighted by atomic mass is 9.87. The first-order chi connectivity index (χ1) is 10.5. The first-order valence-electron chi connectivity index (χ1n) is 6.53. The molecular weight excluding hydrogens is 320 g/mol. The van der Waals surface area contributed by atoms with Crippen molar-refractivity contribution >= 4 is 40.2 Å². The standard InChI is InChI=1S/C16H11ClN2O2S/c1-10-12(5-8-22-10)14(20)16(6-2-7-19-16)13-4-3-11(9-18-13)15(17)21/h2-9H,1H3. The minimum absolute atomic E-state index is 0.131. The van der Waals surface area contributed by atoms with Gasteiger partial charge in [0.1, 0.15) is 0 Å². The molecular formula is C16H11ClN2O2S. The molecule has 1 aliphatic rings.